The van der Waals surface area contributed by atoms with Gasteiger partial charge >= 0.3 is 6.18 Å². The van der Waals surface area contributed by atoms with Crippen LogP contribution in [0.15, 0.2) is 60.0 Å². The van der Waals surface area contributed by atoms with Crippen molar-refractivity contribution in [2.24, 2.45) is 0 Å². The molecule has 1 saturated heterocycles. The normalized spacial score (nSPS) is 16.5. The third-order valence-corrected chi connectivity index (χ3v) is 5.35. The second-order valence-electron chi connectivity index (χ2n) is 7.40. The topological polar surface area (TPSA) is 82.8 Å². The molecule has 162 valence electrons. The zero-order valence-electron chi connectivity index (χ0n) is 16.6. The van der Waals surface area contributed by atoms with Gasteiger partial charge in [0.1, 0.15) is 11.2 Å². The van der Waals surface area contributed by atoms with Crippen LogP contribution in [0.5, 0.6) is 0 Å². The minimum Gasteiger partial charge on any atom is -0.379 e. The SMILES string of the molecule is O=c1c2cc(-c3ccc(C(F)(F)F)nc3)nc(-c3cccnc3)c2ncn1[C@H]1CCOC1. The lowest BCUT2D eigenvalue weighted by Crippen LogP contribution is -2.25. The van der Waals surface area contributed by atoms with Gasteiger partial charge in [-0.25, -0.2) is 9.97 Å². The first-order valence-electron chi connectivity index (χ1n) is 9.85. The molecule has 4 aromatic heterocycles. The van der Waals surface area contributed by atoms with Crippen molar-refractivity contribution >= 4 is 10.9 Å². The molecule has 0 spiro atoms. The van der Waals surface area contributed by atoms with Crippen molar-refractivity contribution in [2.45, 2.75) is 18.6 Å². The Bertz CT molecular complexity index is 1330. The number of pyridine rings is 3. The van der Waals surface area contributed by atoms with E-state index in [1.807, 2.05) is 0 Å². The van der Waals surface area contributed by atoms with E-state index >= 15 is 0 Å². The van der Waals surface area contributed by atoms with Crippen LogP contribution >= 0.6 is 0 Å². The van der Waals surface area contributed by atoms with Gasteiger partial charge < -0.3 is 4.74 Å². The monoisotopic (exact) mass is 439 g/mol. The molecule has 0 unspecified atom stereocenters. The first-order chi connectivity index (χ1) is 15.4. The van der Waals surface area contributed by atoms with Crippen LogP contribution in [0, 0.1) is 0 Å². The summed E-state index contributed by atoms with van der Waals surface area (Å²) in [5.41, 5.74) is 0.840. The van der Waals surface area contributed by atoms with Crippen molar-refractivity contribution < 1.29 is 17.9 Å². The van der Waals surface area contributed by atoms with E-state index in [1.54, 1.807) is 30.6 Å². The molecule has 5 rings (SSSR count). The lowest BCUT2D eigenvalue weighted by atomic mass is 10.1. The maximum atomic E-state index is 13.3. The lowest BCUT2D eigenvalue weighted by molar-refractivity contribution is -0.141. The fourth-order valence-corrected chi connectivity index (χ4v) is 3.71. The van der Waals surface area contributed by atoms with Crippen LogP contribution in [0.1, 0.15) is 18.2 Å². The molecule has 0 aliphatic carbocycles. The number of rotatable bonds is 3. The van der Waals surface area contributed by atoms with E-state index in [0.717, 1.165) is 12.3 Å². The number of halogens is 3. The highest BCUT2D eigenvalue weighted by Gasteiger charge is 2.32. The Morgan fingerprint density at radius 3 is 2.62 bits per heavy atom. The van der Waals surface area contributed by atoms with E-state index in [0.29, 0.717) is 53.1 Å². The molecule has 10 heteroatoms. The highest BCUT2D eigenvalue weighted by atomic mass is 19.4. The van der Waals surface area contributed by atoms with Gasteiger partial charge in [-0.1, -0.05) is 0 Å². The van der Waals surface area contributed by atoms with Crippen molar-refractivity contribution in [1.82, 2.24) is 24.5 Å². The largest absolute Gasteiger partial charge is 0.433 e. The van der Waals surface area contributed by atoms with Gasteiger partial charge in [0.25, 0.3) is 5.56 Å². The van der Waals surface area contributed by atoms with Crippen LogP contribution in [0.25, 0.3) is 33.4 Å². The summed E-state index contributed by atoms with van der Waals surface area (Å²) in [6.07, 6.45) is 1.94. The Balaban J connectivity index is 1.72. The third kappa shape index (κ3) is 3.62. The van der Waals surface area contributed by atoms with E-state index < -0.39 is 11.9 Å². The molecule has 1 aliphatic heterocycles. The number of ether oxygens (including phenoxy) is 1. The fourth-order valence-electron chi connectivity index (χ4n) is 3.71. The van der Waals surface area contributed by atoms with Crippen LogP contribution in [0.2, 0.25) is 0 Å². The average Bonchev–Trinajstić information content (AvgIpc) is 3.34. The summed E-state index contributed by atoms with van der Waals surface area (Å²) in [5, 5.41) is 0.308. The predicted octanol–water partition coefficient (Wildman–Crippen LogP) is 3.90. The van der Waals surface area contributed by atoms with Gasteiger partial charge in [-0.05, 0) is 36.8 Å². The lowest BCUT2D eigenvalue weighted by Gasteiger charge is -2.14. The van der Waals surface area contributed by atoms with Crippen molar-refractivity contribution in [3.05, 3.63) is 71.3 Å². The summed E-state index contributed by atoms with van der Waals surface area (Å²) in [6.45, 7) is 0.984. The molecule has 1 atom stereocenters. The van der Waals surface area contributed by atoms with Gasteiger partial charge in [-0.2, -0.15) is 13.2 Å². The number of nitrogens with zero attached hydrogens (tertiary/aromatic N) is 5. The summed E-state index contributed by atoms with van der Waals surface area (Å²) in [7, 11) is 0. The second kappa shape index (κ2) is 7.79. The summed E-state index contributed by atoms with van der Waals surface area (Å²) < 4.78 is 45.7. The summed E-state index contributed by atoms with van der Waals surface area (Å²) in [4.78, 5) is 30.1. The van der Waals surface area contributed by atoms with E-state index in [4.69, 9.17) is 4.74 Å². The molecule has 1 fully saturated rings. The maximum Gasteiger partial charge on any atom is 0.433 e. The molecule has 0 aromatic carbocycles. The van der Waals surface area contributed by atoms with Crippen LogP contribution in [-0.2, 0) is 10.9 Å². The fraction of sp³-hybridized carbons (Fsp3) is 0.227. The van der Waals surface area contributed by atoms with E-state index in [2.05, 4.69) is 19.9 Å². The molecular weight excluding hydrogens is 423 g/mol. The van der Waals surface area contributed by atoms with Crippen LogP contribution < -0.4 is 5.56 Å². The van der Waals surface area contributed by atoms with Gasteiger partial charge in [0, 0.05) is 36.3 Å². The van der Waals surface area contributed by atoms with Gasteiger partial charge in [-0.15, -0.1) is 0 Å². The van der Waals surface area contributed by atoms with Crippen molar-refractivity contribution in [2.75, 3.05) is 13.2 Å². The van der Waals surface area contributed by atoms with E-state index in [9.17, 15) is 18.0 Å². The maximum absolute atomic E-state index is 13.3. The summed E-state index contributed by atoms with van der Waals surface area (Å²) >= 11 is 0. The van der Waals surface area contributed by atoms with Crippen LogP contribution in [0.3, 0.4) is 0 Å². The number of hydrogen-bond donors (Lipinski definition) is 0. The van der Waals surface area contributed by atoms with E-state index in [-0.39, 0.29) is 11.6 Å². The molecule has 5 heterocycles. The Morgan fingerprint density at radius 1 is 1.09 bits per heavy atom. The Morgan fingerprint density at radius 2 is 1.97 bits per heavy atom. The van der Waals surface area contributed by atoms with E-state index in [1.165, 1.54) is 17.0 Å². The quantitative estimate of drug-likeness (QED) is 0.482. The minimum atomic E-state index is -4.54. The van der Waals surface area contributed by atoms with Crippen LogP contribution in [0.4, 0.5) is 13.2 Å². The molecule has 0 amide bonds. The highest BCUT2D eigenvalue weighted by Crippen LogP contribution is 2.31. The first-order valence-corrected chi connectivity index (χ1v) is 9.85. The minimum absolute atomic E-state index is 0.120. The van der Waals surface area contributed by atoms with Crippen molar-refractivity contribution in [3.8, 4) is 22.5 Å². The average molecular weight is 439 g/mol. The highest BCUT2D eigenvalue weighted by molar-refractivity contribution is 5.93. The summed E-state index contributed by atoms with van der Waals surface area (Å²) in [5.74, 6) is 0. The second-order valence-corrected chi connectivity index (χ2v) is 7.40. The Kier molecular flexibility index (Phi) is 4.93. The molecule has 4 aromatic rings. The number of aromatic nitrogens is 5. The zero-order chi connectivity index (χ0) is 22.3. The molecule has 7 nitrogen and oxygen atoms in total. The van der Waals surface area contributed by atoms with Crippen molar-refractivity contribution in [3.63, 3.8) is 0 Å². The standard InChI is InChI=1S/C22H16F3N5O2/c23-22(24,25)18-4-3-13(10-27-18)17-8-16-20(19(29-17)14-2-1-6-26-9-14)28-12-30(21(16)31)15-5-7-32-11-15/h1-4,6,8-10,12,15H,5,7,11H2/t15-/m0/s1. The van der Waals surface area contributed by atoms with Crippen molar-refractivity contribution in [1.29, 1.82) is 0 Å². The number of hydrogen-bond acceptors (Lipinski definition) is 6. The molecular formula is C22H16F3N5O2. The Hall–Kier alpha value is -3.66. The molecule has 0 radical (unpaired) electrons. The summed E-state index contributed by atoms with van der Waals surface area (Å²) in [6, 6.07) is 7.11. The molecule has 0 saturated carbocycles. The third-order valence-electron chi connectivity index (χ3n) is 5.35. The Labute approximate surface area is 179 Å². The number of alkyl halides is 3. The number of fused-ring (bicyclic) bond motifs is 1. The van der Waals surface area contributed by atoms with Gasteiger partial charge in [0.15, 0.2) is 0 Å². The smallest absolute Gasteiger partial charge is 0.379 e. The van der Waals surface area contributed by atoms with Gasteiger partial charge in [0.05, 0.1) is 35.8 Å². The zero-order valence-corrected chi connectivity index (χ0v) is 16.6. The van der Waals surface area contributed by atoms with Crippen LogP contribution in [-0.4, -0.2) is 37.7 Å². The molecule has 0 bridgehead atoms. The molecule has 1 aliphatic rings. The first kappa shape index (κ1) is 20.3. The molecule has 0 N–H and O–H groups in total. The van der Waals surface area contributed by atoms with Gasteiger partial charge in [-0.3, -0.25) is 19.3 Å². The molecule has 32 heavy (non-hydrogen) atoms. The predicted molar refractivity (Wildman–Crippen MR) is 110 cm³/mol. The van der Waals surface area contributed by atoms with Gasteiger partial charge in [0.2, 0.25) is 0 Å².